The highest BCUT2D eigenvalue weighted by Crippen LogP contribution is 2.23. The Hall–Kier alpha value is -0.490. The second-order valence-electron chi connectivity index (χ2n) is 2.57. The maximum atomic E-state index is 10.3. The van der Waals surface area contributed by atoms with E-state index in [1.807, 2.05) is 24.5 Å². The third-order valence-corrected chi connectivity index (χ3v) is 3.68. The van der Waals surface area contributed by atoms with Crippen LogP contribution in [-0.2, 0) is 4.79 Å². The van der Waals surface area contributed by atoms with E-state index in [2.05, 4.69) is 22.6 Å². The summed E-state index contributed by atoms with van der Waals surface area (Å²) in [6.07, 6.45) is 4.74. The van der Waals surface area contributed by atoms with Gasteiger partial charge in [0, 0.05) is 14.5 Å². The topological polar surface area (TPSA) is 37.3 Å². The Morgan fingerprint density at radius 3 is 2.86 bits per heavy atom. The number of rotatable bonds is 3. The van der Waals surface area contributed by atoms with Gasteiger partial charge in [0.15, 0.2) is 0 Å². The highest BCUT2D eigenvalue weighted by atomic mass is 127. The second-order valence-corrected chi connectivity index (χ2v) is 4.58. The van der Waals surface area contributed by atoms with Crippen molar-refractivity contribution in [3.8, 4) is 0 Å². The average Bonchev–Trinajstić information content (AvgIpc) is 2.16. The standard InChI is InChI=1S/C10H9IO2S/c1-14-9-6-7(2-4-8(9)11)3-5-10(12)13/h2-6H,1H3,(H,12,13)/b5-3+. The molecule has 0 saturated heterocycles. The highest BCUT2D eigenvalue weighted by Gasteiger charge is 1.98. The predicted octanol–water partition coefficient (Wildman–Crippen LogP) is 3.11. The zero-order chi connectivity index (χ0) is 10.6. The maximum Gasteiger partial charge on any atom is 0.328 e. The summed E-state index contributed by atoms with van der Waals surface area (Å²) in [4.78, 5) is 11.5. The molecular formula is C10H9IO2S. The van der Waals surface area contributed by atoms with Crippen molar-refractivity contribution in [2.45, 2.75) is 4.90 Å². The largest absolute Gasteiger partial charge is 0.478 e. The lowest BCUT2D eigenvalue weighted by Crippen LogP contribution is -1.86. The Morgan fingerprint density at radius 2 is 2.29 bits per heavy atom. The van der Waals surface area contributed by atoms with Gasteiger partial charge in [-0.05, 0) is 52.6 Å². The van der Waals surface area contributed by atoms with Crippen molar-refractivity contribution in [3.05, 3.63) is 33.4 Å². The summed E-state index contributed by atoms with van der Waals surface area (Å²) in [5.74, 6) is -0.922. The van der Waals surface area contributed by atoms with E-state index in [1.54, 1.807) is 17.8 Å². The molecule has 0 amide bonds. The first-order valence-electron chi connectivity index (χ1n) is 3.88. The molecular weight excluding hydrogens is 311 g/mol. The van der Waals surface area contributed by atoms with Gasteiger partial charge in [-0.15, -0.1) is 11.8 Å². The molecule has 0 unspecified atom stereocenters. The number of thioether (sulfide) groups is 1. The lowest BCUT2D eigenvalue weighted by molar-refractivity contribution is -0.131. The summed E-state index contributed by atoms with van der Waals surface area (Å²) in [6.45, 7) is 0. The summed E-state index contributed by atoms with van der Waals surface area (Å²) < 4.78 is 1.18. The van der Waals surface area contributed by atoms with Crippen LogP contribution in [0.15, 0.2) is 29.2 Å². The van der Waals surface area contributed by atoms with Gasteiger partial charge in [-0.2, -0.15) is 0 Å². The van der Waals surface area contributed by atoms with Crippen LogP contribution in [0.1, 0.15) is 5.56 Å². The van der Waals surface area contributed by atoms with Gasteiger partial charge in [0.05, 0.1) is 0 Å². The summed E-state index contributed by atoms with van der Waals surface area (Å²) in [5.41, 5.74) is 0.914. The van der Waals surface area contributed by atoms with E-state index >= 15 is 0 Å². The number of hydrogen-bond donors (Lipinski definition) is 1. The fourth-order valence-electron chi connectivity index (χ4n) is 0.948. The zero-order valence-electron chi connectivity index (χ0n) is 7.53. The third-order valence-electron chi connectivity index (χ3n) is 1.59. The van der Waals surface area contributed by atoms with E-state index in [-0.39, 0.29) is 0 Å². The van der Waals surface area contributed by atoms with Crippen molar-refractivity contribution in [2.75, 3.05) is 6.26 Å². The molecule has 0 aliphatic heterocycles. The number of aliphatic carboxylic acids is 1. The van der Waals surface area contributed by atoms with Crippen LogP contribution in [-0.4, -0.2) is 17.3 Å². The fourth-order valence-corrected chi connectivity index (χ4v) is 2.46. The maximum absolute atomic E-state index is 10.3. The van der Waals surface area contributed by atoms with E-state index in [4.69, 9.17) is 5.11 Å². The van der Waals surface area contributed by atoms with E-state index < -0.39 is 5.97 Å². The molecule has 0 radical (unpaired) electrons. The van der Waals surface area contributed by atoms with Crippen LogP contribution < -0.4 is 0 Å². The first-order chi connectivity index (χ1) is 6.63. The molecule has 0 heterocycles. The van der Waals surface area contributed by atoms with Crippen molar-refractivity contribution in [1.29, 1.82) is 0 Å². The van der Waals surface area contributed by atoms with Crippen LogP contribution in [0.25, 0.3) is 6.08 Å². The van der Waals surface area contributed by atoms with E-state index in [1.165, 1.54) is 3.57 Å². The molecule has 0 bridgehead atoms. The SMILES string of the molecule is CSc1cc(/C=C/C(=O)O)ccc1I. The zero-order valence-corrected chi connectivity index (χ0v) is 10.5. The van der Waals surface area contributed by atoms with E-state index in [9.17, 15) is 4.79 Å². The molecule has 0 aliphatic rings. The van der Waals surface area contributed by atoms with Crippen LogP contribution >= 0.6 is 34.4 Å². The molecule has 1 aromatic rings. The van der Waals surface area contributed by atoms with Gasteiger partial charge in [0.2, 0.25) is 0 Å². The fraction of sp³-hybridized carbons (Fsp3) is 0.100. The minimum absolute atomic E-state index is 0.914. The molecule has 1 N–H and O–H groups in total. The Labute approximate surface area is 101 Å². The van der Waals surface area contributed by atoms with Crippen molar-refractivity contribution in [3.63, 3.8) is 0 Å². The van der Waals surface area contributed by atoms with E-state index in [0.717, 1.165) is 16.5 Å². The summed E-state index contributed by atoms with van der Waals surface area (Å²) >= 11 is 3.91. The van der Waals surface area contributed by atoms with Crippen molar-refractivity contribution >= 4 is 46.4 Å². The molecule has 0 aromatic heterocycles. The van der Waals surface area contributed by atoms with Gasteiger partial charge >= 0.3 is 5.97 Å². The number of halogens is 1. The molecule has 0 saturated carbocycles. The first kappa shape index (κ1) is 11.6. The Kier molecular flexibility index (Phi) is 4.47. The molecule has 0 aliphatic carbocycles. The normalized spacial score (nSPS) is 10.7. The molecule has 14 heavy (non-hydrogen) atoms. The van der Waals surface area contributed by atoms with Crippen LogP contribution in [0.2, 0.25) is 0 Å². The number of carboxylic acid groups (broad SMARTS) is 1. The van der Waals surface area contributed by atoms with Crippen LogP contribution in [0.5, 0.6) is 0 Å². The van der Waals surface area contributed by atoms with E-state index in [0.29, 0.717) is 0 Å². The van der Waals surface area contributed by atoms with Gasteiger partial charge in [-0.25, -0.2) is 4.79 Å². The summed E-state index contributed by atoms with van der Waals surface area (Å²) in [6, 6.07) is 5.86. The molecule has 0 atom stereocenters. The smallest absolute Gasteiger partial charge is 0.328 e. The molecule has 0 spiro atoms. The minimum atomic E-state index is -0.922. The second kappa shape index (κ2) is 5.41. The molecule has 0 fully saturated rings. The lowest BCUT2D eigenvalue weighted by Gasteiger charge is -2.01. The van der Waals surface area contributed by atoms with Crippen LogP contribution in [0.3, 0.4) is 0 Å². The van der Waals surface area contributed by atoms with Gasteiger partial charge in [0.25, 0.3) is 0 Å². The lowest BCUT2D eigenvalue weighted by atomic mass is 10.2. The quantitative estimate of drug-likeness (QED) is 0.528. The molecule has 2 nitrogen and oxygen atoms in total. The first-order valence-corrected chi connectivity index (χ1v) is 6.18. The predicted molar refractivity (Wildman–Crippen MR) is 67.6 cm³/mol. The molecule has 4 heteroatoms. The third kappa shape index (κ3) is 3.34. The number of carboxylic acids is 1. The van der Waals surface area contributed by atoms with Crippen molar-refractivity contribution < 1.29 is 9.90 Å². The Bertz CT molecular complexity index is 374. The van der Waals surface area contributed by atoms with Gasteiger partial charge in [-0.1, -0.05) is 6.07 Å². The minimum Gasteiger partial charge on any atom is -0.478 e. The highest BCUT2D eigenvalue weighted by molar-refractivity contribution is 14.1. The van der Waals surface area contributed by atoms with Crippen LogP contribution in [0, 0.1) is 3.57 Å². The van der Waals surface area contributed by atoms with Crippen molar-refractivity contribution in [2.24, 2.45) is 0 Å². The van der Waals surface area contributed by atoms with Gasteiger partial charge in [-0.3, -0.25) is 0 Å². The number of hydrogen-bond acceptors (Lipinski definition) is 2. The number of carbonyl (C=O) groups is 1. The van der Waals surface area contributed by atoms with Gasteiger partial charge < -0.3 is 5.11 Å². The summed E-state index contributed by atoms with van der Waals surface area (Å²) in [5, 5.41) is 8.46. The average molecular weight is 320 g/mol. The molecule has 74 valence electrons. The molecule has 1 aromatic carbocycles. The van der Waals surface area contributed by atoms with Crippen molar-refractivity contribution in [1.82, 2.24) is 0 Å². The van der Waals surface area contributed by atoms with Gasteiger partial charge in [0.1, 0.15) is 0 Å². The Morgan fingerprint density at radius 1 is 1.57 bits per heavy atom. The number of benzene rings is 1. The molecule has 1 rings (SSSR count). The Balaban J connectivity index is 2.95. The monoisotopic (exact) mass is 320 g/mol. The summed E-state index contributed by atoms with van der Waals surface area (Å²) in [7, 11) is 0. The van der Waals surface area contributed by atoms with Crippen LogP contribution in [0.4, 0.5) is 0 Å².